The molecule has 1 atom stereocenters. The Morgan fingerprint density at radius 3 is 2.31 bits per heavy atom. The highest BCUT2D eigenvalue weighted by Crippen LogP contribution is 2.30. The molecule has 0 spiro atoms. The lowest BCUT2D eigenvalue weighted by atomic mass is 9.84. The van der Waals surface area contributed by atoms with E-state index in [0.29, 0.717) is 5.41 Å². The monoisotopic (exact) mass is 244 g/mol. The highest BCUT2D eigenvalue weighted by molar-refractivity contribution is 7.80. The van der Waals surface area contributed by atoms with Gasteiger partial charge >= 0.3 is 0 Å². The van der Waals surface area contributed by atoms with Gasteiger partial charge < -0.3 is 9.80 Å². The van der Waals surface area contributed by atoms with Gasteiger partial charge in [0.2, 0.25) is 0 Å². The number of likely N-dealkylation sites (N-methyl/N-ethyl adjacent to an activating group) is 1. The average Bonchev–Trinajstić information content (AvgIpc) is 2.74. The van der Waals surface area contributed by atoms with Crippen molar-refractivity contribution < 1.29 is 0 Å². The van der Waals surface area contributed by atoms with Crippen molar-refractivity contribution in [2.24, 2.45) is 5.41 Å². The van der Waals surface area contributed by atoms with Crippen molar-refractivity contribution in [3.63, 3.8) is 0 Å². The summed E-state index contributed by atoms with van der Waals surface area (Å²) in [4.78, 5) is 4.99. The fourth-order valence-electron chi connectivity index (χ4n) is 2.60. The molecule has 16 heavy (non-hydrogen) atoms. The molecule has 0 aliphatic carbocycles. The van der Waals surface area contributed by atoms with E-state index in [1.165, 1.54) is 38.9 Å². The van der Waals surface area contributed by atoms with Crippen LogP contribution in [-0.2, 0) is 0 Å². The van der Waals surface area contributed by atoms with E-state index in [9.17, 15) is 0 Å². The minimum atomic E-state index is 0.435. The van der Waals surface area contributed by atoms with Crippen molar-refractivity contribution in [3.05, 3.63) is 0 Å². The Morgan fingerprint density at radius 1 is 1.31 bits per heavy atom. The molecular weight excluding hydrogens is 216 g/mol. The van der Waals surface area contributed by atoms with E-state index < -0.39 is 0 Å². The molecule has 0 aromatic carbocycles. The largest absolute Gasteiger partial charge is 0.305 e. The fourth-order valence-corrected chi connectivity index (χ4v) is 3.15. The van der Waals surface area contributed by atoms with E-state index >= 15 is 0 Å². The third-order valence-corrected chi connectivity index (χ3v) is 5.04. The van der Waals surface area contributed by atoms with E-state index in [1.807, 2.05) is 0 Å². The number of thiol groups is 1. The zero-order valence-corrected chi connectivity index (χ0v) is 12.3. The third-order valence-electron chi connectivity index (χ3n) is 4.37. The molecule has 0 N–H and O–H groups in total. The zero-order chi connectivity index (χ0) is 12.2. The van der Waals surface area contributed by atoms with Crippen molar-refractivity contribution in [2.45, 2.75) is 39.2 Å². The van der Waals surface area contributed by atoms with Crippen LogP contribution in [0.25, 0.3) is 0 Å². The van der Waals surface area contributed by atoms with Gasteiger partial charge in [-0.1, -0.05) is 13.8 Å². The van der Waals surface area contributed by atoms with Crippen molar-refractivity contribution in [2.75, 3.05) is 39.5 Å². The Bertz CT molecular complexity index is 194. The quantitative estimate of drug-likeness (QED) is 0.717. The van der Waals surface area contributed by atoms with Crippen LogP contribution in [-0.4, -0.2) is 55.3 Å². The molecule has 1 saturated heterocycles. The molecule has 2 nitrogen and oxygen atoms in total. The minimum Gasteiger partial charge on any atom is -0.305 e. The Balaban J connectivity index is 2.48. The maximum absolute atomic E-state index is 4.56. The fraction of sp³-hybridized carbons (Fsp3) is 1.00. The predicted octanol–water partition coefficient (Wildman–Crippen LogP) is 2.36. The lowest BCUT2D eigenvalue weighted by Gasteiger charge is -2.34. The first-order valence-electron chi connectivity index (χ1n) is 6.56. The van der Waals surface area contributed by atoms with Gasteiger partial charge in [-0.05, 0) is 51.1 Å². The summed E-state index contributed by atoms with van der Waals surface area (Å²) in [5.74, 6) is 1.02. The van der Waals surface area contributed by atoms with Crippen LogP contribution >= 0.6 is 12.6 Å². The Morgan fingerprint density at radius 2 is 1.94 bits per heavy atom. The molecule has 1 aliphatic heterocycles. The van der Waals surface area contributed by atoms with Gasteiger partial charge in [0, 0.05) is 19.1 Å². The number of hydrogen-bond acceptors (Lipinski definition) is 3. The molecule has 3 heteroatoms. The van der Waals surface area contributed by atoms with Crippen LogP contribution < -0.4 is 0 Å². The lowest BCUT2D eigenvalue weighted by Crippen LogP contribution is -2.39. The maximum Gasteiger partial charge on any atom is 0.0229 e. The van der Waals surface area contributed by atoms with Crippen LogP contribution in [0.3, 0.4) is 0 Å². The second kappa shape index (κ2) is 6.27. The Hall–Kier alpha value is 0.270. The smallest absolute Gasteiger partial charge is 0.0229 e. The predicted molar refractivity (Wildman–Crippen MR) is 75.4 cm³/mol. The van der Waals surface area contributed by atoms with Gasteiger partial charge in [-0.2, -0.15) is 12.6 Å². The van der Waals surface area contributed by atoms with Crippen molar-refractivity contribution in [3.8, 4) is 0 Å². The topological polar surface area (TPSA) is 6.48 Å². The lowest BCUT2D eigenvalue weighted by molar-refractivity contribution is 0.173. The van der Waals surface area contributed by atoms with Gasteiger partial charge in [-0.3, -0.25) is 0 Å². The summed E-state index contributed by atoms with van der Waals surface area (Å²) in [6, 6.07) is 0.756. The van der Waals surface area contributed by atoms with Crippen molar-refractivity contribution in [1.29, 1.82) is 0 Å². The van der Waals surface area contributed by atoms with Crippen LogP contribution in [0.2, 0.25) is 0 Å². The van der Waals surface area contributed by atoms with E-state index in [4.69, 9.17) is 0 Å². The summed E-state index contributed by atoms with van der Waals surface area (Å²) >= 11 is 4.56. The molecule has 1 fully saturated rings. The number of nitrogens with zero attached hydrogens (tertiary/aromatic N) is 2. The van der Waals surface area contributed by atoms with Gasteiger partial charge in [-0.15, -0.1) is 0 Å². The van der Waals surface area contributed by atoms with Crippen LogP contribution in [0.4, 0.5) is 0 Å². The first-order valence-corrected chi connectivity index (χ1v) is 7.19. The Labute approximate surface area is 107 Å². The first-order chi connectivity index (χ1) is 7.56. The molecule has 1 unspecified atom stereocenters. The summed E-state index contributed by atoms with van der Waals surface area (Å²) in [5, 5.41) is 0. The number of hydrogen-bond donors (Lipinski definition) is 1. The normalized spacial score (nSPS) is 23.2. The van der Waals surface area contributed by atoms with Crippen LogP contribution in [0.1, 0.15) is 33.1 Å². The molecule has 0 aromatic heterocycles. The van der Waals surface area contributed by atoms with Crippen molar-refractivity contribution >= 4 is 12.6 Å². The summed E-state index contributed by atoms with van der Waals surface area (Å²) in [6.45, 7) is 8.34. The van der Waals surface area contributed by atoms with E-state index in [2.05, 4.69) is 50.4 Å². The highest BCUT2D eigenvalue weighted by atomic mass is 32.1. The molecule has 0 aromatic rings. The number of rotatable bonds is 6. The highest BCUT2D eigenvalue weighted by Gasteiger charge is 2.31. The Kier molecular flexibility index (Phi) is 5.62. The van der Waals surface area contributed by atoms with Crippen LogP contribution in [0.15, 0.2) is 0 Å². The van der Waals surface area contributed by atoms with E-state index in [1.54, 1.807) is 0 Å². The second-order valence-corrected chi connectivity index (χ2v) is 5.82. The first kappa shape index (κ1) is 14.3. The van der Waals surface area contributed by atoms with Gasteiger partial charge in [0.1, 0.15) is 0 Å². The second-order valence-electron chi connectivity index (χ2n) is 5.51. The van der Waals surface area contributed by atoms with Crippen molar-refractivity contribution in [1.82, 2.24) is 9.80 Å². The summed E-state index contributed by atoms with van der Waals surface area (Å²) in [7, 11) is 4.39. The van der Waals surface area contributed by atoms with E-state index in [-0.39, 0.29) is 0 Å². The molecule has 0 amide bonds. The average molecular weight is 244 g/mol. The molecular formula is C13H28N2S. The number of likely N-dealkylation sites (tertiary alicyclic amines) is 1. The van der Waals surface area contributed by atoms with Crippen LogP contribution in [0.5, 0.6) is 0 Å². The van der Waals surface area contributed by atoms with E-state index in [0.717, 1.165) is 11.8 Å². The molecule has 0 radical (unpaired) electrons. The molecule has 1 aliphatic rings. The minimum absolute atomic E-state index is 0.435. The molecule has 1 heterocycles. The van der Waals surface area contributed by atoms with Gasteiger partial charge in [0.25, 0.3) is 0 Å². The SMILES string of the molecule is CCC(CC)(CS)CN1CCC(N(C)C)C1. The maximum atomic E-state index is 4.56. The van der Waals surface area contributed by atoms with Gasteiger partial charge in [0.05, 0.1) is 0 Å². The zero-order valence-electron chi connectivity index (χ0n) is 11.4. The van der Waals surface area contributed by atoms with Gasteiger partial charge in [0.15, 0.2) is 0 Å². The van der Waals surface area contributed by atoms with Crippen LogP contribution in [0, 0.1) is 5.41 Å². The summed E-state index contributed by atoms with van der Waals surface area (Å²) in [6.07, 6.45) is 3.81. The standard InChI is InChI=1S/C13H28N2S/c1-5-13(6-2,11-16)10-15-8-7-12(9-15)14(3)4/h12,16H,5-11H2,1-4H3. The molecule has 0 bridgehead atoms. The third kappa shape index (κ3) is 3.38. The summed E-state index contributed by atoms with van der Waals surface area (Å²) < 4.78 is 0. The molecule has 1 rings (SSSR count). The van der Waals surface area contributed by atoms with Gasteiger partial charge in [-0.25, -0.2) is 0 Å². The summed E-state index contributed by atoms with van der Waals surface area (Å²) in [5.41, 5.74) is 0.435. The molecule has 0 saturated carbocycles. The molecule has 96 valence electrons.